The molecule has 4 rings (SSSR count). The van der Waals surface area contributed by atoms with Crippen molar-refractivity contribution in [3.63, 3.8) is 0 Å². The van der Waals surface area contributed by atoms with Crippen molar-refractivity contribution in [2.45, 2.75) is 32.1 Å². The fourth-order valence-corrected chi connectivity index (χ4v) is 5.44. The molecule has 1 fully saturated rings. The van der Waals surface area contributed by atoms with E-state index in [1.807, 2.05) is 23.5 Å². The molecule has 0 bridgehead atoms. The standard InChI is InChI=1S/C24H32N2O3S.ClH/c1-28-22-13-19-7-11-26(24(27)15-20(19)14-23(22)29-2)17-18-5-3-9-25(16-18)10-8-21-6-4-12-30-21;/h4,6,12-14,18H,3,5,7-11,15-17H2,1-2H3;1H. The molecule has 0 saturated carbocycles. The van der Waals surface area contributed by atoms with E-state index in [1.165, 1.54) is 29.8 Å². The molecule has 2 aromatic rings. The maximum Gasteiger partial charge on any atom is 0.227 e. The summed E-state index contributed by atoms with van der Waals surface area (Å²) in [6.45, 7) is 5.06. The summed E-state index contributed by atoms with van der Waals surface area (Å²) in [5, 5.41) is 2.16. The quantitative estimate of drug-likeness (QED) is 0.619. The minimum atomic E-state index is 0. The zero-order valence-electron chi connectivity index (χ0n) is 18.5. The summed E-state index contributed by atoms with van der Waals surface area (Å²) in [5.74, 6) is 2.24. The van der Waals surface area contributed by atoms with Gasteiger partial charge in [-0.1, -0.05) is 6.07 Å². The highest BCUT2D eigenvalue weighted by atomic mass is 35.5. The van der Waals surface area contributed by atoms with Gasteiger partial charge >= 0.3 is 0 Å². The average molecular weight is 465 g/mol. The van der Waals surface area contributed by atoms with E-state index in [4.69, 9.17) is 9.47 Å². The van der Waals surface area contributed by atoms with E-state index in [2.05, 4.69) is 27.3 Å². The van der Waals surface area contributed by atoms with Gasteiger partial charge in [0.1, 0.15) is 0 Å². The molecular formula is C24H33ClN2O3S. The van der Waals surface area contributed by atoms with Crippen molar-refractivity contribution in [2.75, 3.05) is 46.9 Å². The summed E-state index contributed by atoms with van der Waals surface area (Å²) < 4.78 is 10.9. The van der Waals surface area contributed by atoms with Crippen LogP contribution in [0.4, 0.5) is 0 Å². The number of piperidine rings is 1. The number of carbonyl (C=O) groups excluding carboxylic acids is 1. The lowest BCUT2D eigenvalue weighted by atomic mass is 9.97. The Morgan fingerprint density at radius 3 is 2.61 bits per heavy atom. The fourth-order valence-electron chi connectivity index (χ4n) is 4.75. The van der Waals surface area contributed by atoms with E-state index in [0.29, 0.717) is 18.1 Å². The molecule has 31 heavy (non-hydrogen) atoms. The predicted molar refractivity (Wildman–Crippen MR) is 128 cm³/mol. The summed E-state index contributed by atoms with van der Waals surface area (Å²) in [6, 6.07) is 8.37. The number of likely N-dealkylation sites (tertiary alicyclic amines) is 1. The highest BCUT2D eigenvalue weighted by molar-refractivity contribution is 7.09. The monoisotopic (exact) mass is 464 g/mol. The molecule has 0 radical (unpaired) electrons. The van der Waals surface area contributed by atoms with E-state index >= 15 is 0 Å². The van der Waals surface area contributed by atoms with Crippen molar-refractivity contribution < 1.29 is 14.3 Å². The van der Waals surface area contributed by atoms with Crippen LogP contribution in [-0.4, -0.2) is 62.7 Å². The SMILES string of the molecule is COc1cc2c(cc1OC)CC(=O)N(CC1CCCN(CCc3cccs3)C1)CC2.Cl. The van der Waals surface area contributed by atoms with Gasteiger partial charge in [-0.25, -0.2) is 0 Å². The Bertz CT molecular complexity index is 859. The molecular weight excluding hydrogens is 432 g/mol. The van der Waals surface area contributed by atoms with Crippen LogP contribution in [0, 0.1) is 5.92 Å². The number of benzene rings is 1. The second-order valence-electron chi connectivity index (χ2n) is 8.38. The molecule has 0 spiro atoms. The first kappa shape index (κ1) is 23.9. The van der Waals surface area contributed by atoms with Crippen LogP contribution in [0.2, 0.25) is 0 Å². The van der Waals surface area contributed by atoms with Gasteiger partial charge in [-0.15, -0.1) is 23.7 Å². The number of nitrogens with zero attached hydrogens (tertiary/aromatic N) is 2. The minimum absolute atomic E-state index is 0. The van der Waals surface area contributed by atoms with Crippen molar-refractivity contribution >= 4 is 29.7 Å². The Kier molecular flexibility index (Phi) is 8.64. The molecule has 3 heterocycles. The second-order valence-corrected chi connectivity index (χ2v) is 9.41. The third-order valence-electron chi connectivity index (χ3n) is 6.39. The van der Waals surface area contributed by atoms with Gasteiger partial charge in [0, 0.05) is 31.1 Å². The maximum atomic E-state index is 13.0. The molecule has 1 aromatic carbocycles. The average Bonchev–Trinajstić information content (AvgIpc) is 3.24. The van der Waals surface area contributed by atoms with E-state index in [9.17, 15) is 4.79 Å². The largest absolute Gasteiger partial charge is 0.493 e. The van der Waals surface area contributed by atoms with Crippen LogP contribution in [0.15, 0.2) is 29.6 Å². The molecule has 1 saturated heterocycles. The van der Waals surface area contributed by atoms with Crippen LogP contribution in [0.25, 0.3) is 0 Å². The van der Waals surface area contributed by atoms with Crippen molar-refractivity contribution in [3.05, 3.63) is 45.6 Å². The Balaban J connectivity index is 0.00000272. The zero-order chi connectivity index (χ0) is 20.9. The van der Waals surface area contributed by atoms with Crippen molar-refractivity contribution in [1.29, 1.82) is 0 Å². The second kappa shape index (κ2) is 11.2. The normalized spacial score (nSPS) is 19.4. The molecule has 1 atom stereocenters. The third-order valence-corrected chi connectivity index (χ3v) is 7.32. The molecule has 0 aliphatic carbocycles. The van der Waals surface area contributed by atoms with E-state index in [1.54, 1.807) is 14.2 Å². The first-order chi connectivity index (χ1) is 14.7. The van der Waals surface area contributed by atoms with Crippen LogP contribution < -0.4 is 9.47 Å². The van der Waals surface area contributed by atoms with Gasteiger partial charge < -0.3 is 19.3 Å². The number of carbonyl (C=O) groups is 1. The van der Waals surface area contributed by atoms with E-state index < -0.39 is 0 Å². The van der Waals surface area contributed by atoms with E-state index in [-0.39, 0.29) is 18.3 Å². The molecule has 0 N–H and O–H groups in total. The Labute approximate surface area is 195 Å². The van der Waals surface area contributed by atoms with Gasteiger partial charge in [0.25, 0.3) is 0 Å². The summed E-state index contributed by atoms with van der Waals surface area (Å²) in [5.41, 5.74) is 2.27. The summed E-state index contributed by atoms with van der Waals surface area (Å²) >= 11 is 1.85. The Hall–Kier alpha value is -1.76. The lowest BCUT2D eigenvalue weighted by Gasteiger charge is -2.35. The number of rotatable bonds is 7. The van der Waals surface area contributed by atoms with Crippen LogP contribution >= 0.6 is 23.7 Å². The highest BCUT2D eigenvalue weighted by Gasteiger charge is 2.27. The Morgan fingerprint density at radius 2 is 1.90 bits per heavy atom. The number of thiophene rings is 1. The molecule has 1 unspecified atom stereocenters. The maximum absolute atomic E-state index is 13.0. The van der Waals surface area contributed by atoms with Crippen LogP contribution in [-0.2, 0) is 24.1 Å². The lowest BCUT2D eigenvalue weighted by Crippen LogP contribution is -2.43. The predicted octanol–water partition coefficient (Wildman–Crippen LogP) is 4.07. The van der Waals surface area contributed by atoms with Gasteiger partial charge in [0.15, 0.2) is 11.5 Å². The number of hydrogen-bond acceptors (Lipinski definition) is 5. The smallest absolute Gasteiger partial charge is 0.227 e. The van der Waals surface area contributed by atoms with Crippen molar-refractivity contribution in [3.8, 4) is 11.5 Å². The van der Waals surface area contributed by atoms with Crippen molar-refractivity contribution in [2.24, 2.45) is 5.92 Å². The van der Waals surface area contributed by atoms with Crippen LogP contribution in [0.5, 0.6) is 11.5 Å². The molecule has 1 amide bonds. The molecule has 170 valence electrons. The summed E-state index contributed by atoms with van der Waals surface area (Å²) in [7, 11) is 3.30. The van der Waals surface area contributed by atoms with Gasteiger partial charge in [0.05, 0.1) is 20.6 Å². The number of ether oxygens (including phenoxy) is 2. The van der Waals surface area contributed by atoms with Gasteiger partial charge in [0.2, 0.25) is 5.91 Å². The molecule has 2 aliphatic rings. The molecule has 1 aromatic heterocycles. The minimum Gasteiger partial charge on any atom is -0.493 e. The molecule has 5 nitrogen and oxygen atoms in total. The van der Waals surface area contributed by atoms with Gasteiger partial charge in [-0.05, 0) is 72.9 Å². The third kappa shape index (κ3) is 5.93. The fraction of sp³-hybridized carbons (Fsp3) is 0.542. The number of hydrogen-bond donors (Lipinski definition) is 0. The molecule has 2 aliphatic heterocycles. The topological polar surface area (TPSA) is 42.0 Å². The van der Waals surface area contributed by atoms with Crippen LogP contribution in [0.1, 0.15) is 28.8 Å². The molecule has 7 heteroatoms. The first-order valence-electron chi connectivity index (χ1n) is 10.9. The number of amides is 1. The first-order valence-corrected chi connectivity index (χ1v) is 11.8. The summed E-state index contributed by atoms with van der Waals surface area (Å²) in [6.07, 6.45) is 4.90. The summed E-state index contributed by atoms with van der Waals surface area (Å²) in [4.78, 5) is 19.1. The highest BCUT2D eigenvalue weighted by Crippen LogP contribution is 2.32. The van der Waals surface area contributed by atoms with Crippen LogP contribution in [0.3, 0.4) is 0 Å². The number of halogens is 1. The lowest BCUT2D eigenvalue weighted by molar-refractivity contribution is -0.131. The zero-order valence-corrected chi connectivity index (χ0v) is 20.1. The van der Waals surface area contributed by atoms with Gasteiger partial charge in [-0.2, -0.15) is 0 Å². The van der Waals surface area contributed by atoms with Crippen molar-refractivity contribution in [1.82, 2.24) is 9.80 Å². The van der Waals surface area contributed by atoms with Gasteiger partial charge in [-0.3, -0.25) is 4.79 Å². The number of methoxy groups -OCH3 is 2. The Morgan fingerprint density at radius 1 is 1.13 bits per heavy atom. The number of fused-ring (bicyclic) bond motifs is 1. The van der Waals surface area contributed by atoms with E-state index in [0.717, 1.165) is 50.3 Å².